The summed E-state index contributed by atoms with van der Waals surface area (Å²) in [4.78, 5) is 1.29. The Morgan fingerprint density at radius 3 is 2.90 bits per heavy atom. The first-order valence-corrected chi connectivity index (χ1v) is 9.07. The first-order valence-electron chi connectivity index (χ1n) is 5.97. The summed E-state index contributed by atoms with van der Waals surface area (Å²) in [5.41, 5.74) is 5.40. The zero-order chi connectivity index (χ0) is 14.6. The van der Waals surface area contributed by atoms with Crippen molar-refractivity contribution in [2.45, 2.75) is 17.9 Å². The molecule has 0 unspecified atom stereocenters. The molecule has 0 bridgehead atoms. The van der Waals surface area contributed by atoms with Crippen LogP contribution in [0.2, 0.25) is 0 Å². The van der Waals surface area contributed by atoms with Gasteiger partial charge in [-0.15, -0.1) is 11.3 Å². The van der Waals surface area contributed by atoms with Crippen molar-refractivity contribution in [3.63, 3.8) is 0 Å². The highest BCUT2D eigenvalue weighted by atomic mass is 79.9. The molecule has 2 heterocycles. The predicted molar refractivity (Wildman–Crippen MR) is 82.2 cm³/mol. The highest BCUT2D eigenvalue weighted by Gasteiger charge is 2.15. The maximum absolute atomic E-state index is 12.0. The molecule has 2 aromatic heterocycles. The first kappa shape index (κ1) is 15.6. The van der Waals surface area contributed by atoms with E-state index in [0.717, 1.165) is 8.66 Å². The number of hydrogen-bond acceptors (Lipinski definition) is 5. The minimum absolute atomic E-state index is 0.165. The van der Waals surface area contributed by atoms with Crippen LogP contribution in [0.15, 0.2) is 33.2 Å². The molecule has 0 saturated carbocycles. The van der Waals surface area contributed by atoms with E-state index in [2.05, 4.69) is 25.8 Å². The van der Waals surface area contributed by atoms with E-state index in [-0.39, 0.29) is 4.90 Å². The second-order valence-corrected chi connectivity index (χ2v) is 8.40. The van der Waals surface area contributed by atoms with Crippen LogP contribution in [0, 0.1) is 0 Å². The molecule has 0 amide bonds. The summed E-state index contributed by atoms with van der Waals surface area (Å²) in [7, 11) is -3.50. The number of hydrogen-bond donors (Lipinski definition) is 2. The molecule has 0 saturated heterocycles. The summed E-state index contributed by atoms with van der Waals surface area (Å²) in [5.74, 6) is 0. The van der Waals surface area contributed by atoms with Crippen molar-refractivity contribution in [2.75, 3.05) is 13.1 Å². The summed E-state index contributed by atoms with van der Waals surface area (Å²) >= 11 is 4.97. The molecule has 0 radical (unpaired) electrons. The van der Waals surface area contributed by atoms with Gasteiger partial charge in [0.2, 0.25) is 10.0 Å². The quantitative estimate of drug-likeness (QED) is 0.756. The molecule has 0 spiro atoms. The van der Waals surface area contributed by atoms with Gasteiger partial charge in [0, 0.05) is 24.2 Å². The number of nitrogens with two attached hydrogens (primary N) is 1. The molecule has 0 aliphatic carbocycles. The van der Waals surface area contributed by atoms with Gasteiger partial charge in [0.05, 0.1) is 16.5 Å². The number of rotatable bonds is 7. The molecule has 0 aromatic carbocycles. The van der Waals surface area contributed by atoms with Gasteiger partial charge in [0.1, 0.15) is 4.90 Å². The van der Waals surface area contributed by atoms with Crippen molar-refractivity contribution < 1.29 is 8.42 Å². The number of thiophene rings is 1. The molecule has 3 N–H and O–H groups in total. The summed E-state index contributed by atoms with van der Waals surface area (Å²) in [5, 5.41) is 3.96. The van der Waals surface area contributed by atoms with Crippen molar-refractivity contribution in [2.24, 2.45) is 5.73 Å². The van der Waals surface area contributed by atoms with Gasteiger partial charge in [-0.2, -0.15) is 5.10 Å². The van der Waals surface area contributed by atoms with Crippen LogP contribution in [0.3, 0.4) is 0 Å². The van der Waals surface area contributed by atoms with Gasteiger partial charge in [0.25, 0.3) is 0 Å². The van der Waals surface area contributed by atoms with Gasteiger partial charge >= 0.3 is 0 Å². The van der Waals surface area contributed by atoms with Crippen molar-refractivity contribution in [1.82, 2.24) is 14.5 Å². The van der Waals surface area contributed by atoms with Crippen LogP contribution in [0.25, 0.3) is 0 Å². The SMILES string of the molecule is NCCn1cc(S(=O)(=O)NCCc2ccc(Br)s2)cn1. The maximum atomic E-state index is 12.0. The zero-order valence-electron chi connectivity index (χ0n) is 10.6. The highest BCUT2D eigenvalue weighted by Crippen LogP contribution is 2.22. The van der Waals surface area contributed by atoms with Crippen LogP contribution in [-0.4, -0.2) is 31.3 Å². The van der Waals surface area contributed by atoms with E-state index in [1.54, 1.807) is 11.3 Å². The Morgan fingerprint density at radius 1 is 1.45 bits per heavy atom. The second-order valence-electron chi connectivity index (χ2n) is 4.08. The highest BCUT2D eigenvalue weighted by molar-refractivity contribution is 9.11. The maximum Gasteiger partial charge on any atom is 0.243 e. The lowest BCUT2D eigenvalue weighted by molar-refractivity contribution is 0.581. The van der Waals surface area contributed by atoms with Gasteiger partial charge in [-0.3, -0.25) is 4.68 Å². The third-order valence-corrected chi connectivity index (χ3v) is 5.67. The third-order valence-electron chi connectivity index (χ3n) is 2.57. The largest absolute Gasteiger partial charge is 0.329 e. The van der Waals surface area contributed by atoms with Crippen LogP contribution in [0.5, 0.6) is 0 Å². The van der Waals surface area contributed by atoms with Crippen molar-refractivity contribution in [3.8, 4) is 0 Å². The minimum Gasteiger partial charge on any atom is -0.329 e. The molecule has 0 atom stereocenters. The minimum atomic E-state index is -3.50. The van der Waals surface area contributed by atoms with Gasteiger partial charge in [-0.05, 0) is 34.5 Å². The van der Waals surface area contributed by atoms with Crippen molar-refractivity contribution in [3.05, 3.63) is 33.2 Å². The molecule has 0 aliphatic heterocycles. The number of sulfonamides is 1. The molecule has 2 rings (SSSR count). The fraction of sp³-hybridized carbons (Fsp3) is 0.364. The first-order chi connectivity index (χ1) is 9.51. The zero-order valence-corrected chi connectivity index (χ0v) is 13.8. The number of aromatic nitrogens is 2. The summed E-state index contributed by atoms with van der Waals surface area (Å²) < 4.78 is 29.2. The van der Waals surface area contributed by atoms with Crippen LogP contribution in [-0.2, 0) is 23.0 Å². The lowest BCUT2D eigenvalue weighted by atomic mass is 10.3. The van der Waals surface area contributed by atoms with Gasteiger partial charge < -0.3 is 5.73 Å². The standard InChI is InChI=1S/C11H15BrN4O2S2/c12-11-2-1-9(19-11)3-5-15-20(17,18)10-7-14-16(8-10)6-4-13/h1-2,7-8,15H,3-6,13H2. The lowest BCUT2D eigenvalue weighted by Crippen LogP contribution is -2.25. The lowest BCUT2D eigenvalue weighted by Gasteiger charge is -2.03. The molecule has 0 aliphatic rings. The van der Waals surface area contributed by atoms with Gasteiger partial charge in [-0.1, -0.05) is 0 Å². The van der Waals surface area contributed by atoms with Crippen LogP contribution < -0.4 is 10.5 Å². The van der Waals surface area contributed by atoms with E-state index in [1.807, 2.05) is 12.1 Å². The van der Waals surface area contributed by atoms with E-state index < -0.39 is 10.0 Å². The van der Waals surface area contributed by atoms with Crippen LogP contribution >= 0.6 is 27.3 Å². The number of nitrogens with zero attached hydrogens (tertiary/aromatic N) is 2. The normalized spacial score (nSPS) is 11.9. The molecule has 6 nitrogen and oxygen atoms in total. The Morgan fingerprint density at radius 2 is 2.25 bits per heavy atom. The van der Waals surface area contributed by atoms with E-state index in [0.29, 0.717) is 26.1 Å². The second kappa shape index (κ2) is 6.81. The van der Waals surface area contributed by atoms with E-state index in [1.165, 1.54) is 17.1 Å². The third kappa shape index (κ3) is 4.13. The van der Waals surface area contributed by atoms with Crippen molar-refractivity contribution >= 4 is 37.3 Å². The predicted octanol–water partition coefficient (Wildman–Crippen LogP) is 1.19. The fourth-order valence-corrected chi connectivity index (χ4v) is 4.08. The molecular weight excluding hydrogens is 364 g/mol. The van der Waals surface area contributed by atoms with Crippen molar-refractivity contribution in [1.29, 1.82) is 0 Å². The van der Waals surface area contributed by atoms with Crippen LogP contribution in [0.4, 0.5) is 0 Å². The Hall–Kier alpha value is -0.740. The molecule has 20 heavy (non-hydrogen) atoms. The topological polar surface area (TPSA) is 90.0 Å². The monoisotopic (exact) mass is 378 g/mol. The molecule has 9 heteroatoms. The van der Waals surface area contributed by atoms with E-state index in [4.69, 9.17) is 5.73 Å². The Kier molecular flexibility index (Phi) is 5.33. The Balaban J connectivity index is 1.92. The summed E-state index contributed by atoms with van der Waals surface area (Å²) in [6.07, 6.45) is 3.48. The fourth-order valence-electron chi connectivity index (χ4n) is 1.62. The molecular formula is C11H15BrN4O2S2. The van der Waals surface area contributed by atoms with Gasteiger partial charge in [-0.25, -0.2) is 13.1 Å². The molecule has 0 fully saturated rings. The number of halogens is 1. The average molecular weight is 379 g/mol. The Labute approximate surface area is 130 Å². The van der Waals surface area contributed by atoms with E-state index in [9.17, 15) is 8.42 Å². The smallest absolute Gasteiger partial charge is 0.243 e. The molecule has 110 valence electrons. The average Bonchev–Trinajstić information content (AvgIpc) is 2.99. The number of nitrogens with one attached hydrogen (secondary N) is 1. The van der Waals surface area contributed by atoms with E-state index >= 15 is 0 Å². The Bertz CT molecular complexity index is 666. The van der Waals surface area contributed by atoms with Gasteiger partial charge in [0.15, 0.2) is 0 Å². The van der Waals surface area contributed by atoms with Crippen LogP contribution in [0.1, 0.15) is 4.88 Å². The summed E-state index contributed by atoms with van der Waals surface area (Å²) in [6.45, 7) is 1.28. The molecule has 2 aromatic rings. The summed E-state index contributed by atoms with van der Waals surface area (Å²) in [6, 6.07) is 3.92.